The fourth-order valence-electron chi connectivity index (χ4n) is 3.08. The smallest absolute Gasteiger partial charge is 0.227 e. The maximum absolute atomic E-state index is 12.5. The number of pyridine rings is 1. The lowest BCUT2D eigenvalue weighted by atomic mass is 10.0. The van der Waals surface area contributed by atoms with Crippen molar-refractivity contribution in [2.45, 2.75) is 32.2 Å². The molecule has 0 saturated carbocycles. The normalized spacial score (nSPS) is 18.0. The van der Waals surface area contributed by atoms with E-state index in [1.165, 1.54) is 0 Å². The molecule has 1 atom stereocenters. The van der Waals surface area contributed by atoms with Crippen LogP contribution in [0.5, 0.6) is 0 Å². The highest BCUT2D eigenvalue weighted by Gasteiger charge is 2.26. The van der Waals surface area contributed by atoms with Crippen molar-refractivity contribution in [3.05, 3.63) is 46.3 Å². The Hall–Kier alpha value is -1.88. The zero-order valence-electron chi connectivity index (χ0n) is 13.7. The summed E-state index contributed by atoms with van der Waals surface area (Å²) in [4.78, 5) is 21.4. The van der Waals surface area contributed by atoms with Crippen molar-refractivity contribution in [1.82, 2.24) is 9.88 Å². The third-order valence-electron chi connectivity index (χ3n) is 4.47. The molecule has 0 N–H and O–H groups in total. The lowest BCUT2D eigenvalue weighted by Gasteiger charge is -2.38. The van der Waals surface area contributed by atoms with E-state index in [9.17, 15) is 4.79 Å². The molecule has 2 aromatic rings. The molecule has 3 heterocycles. The number of thiophene rings is 1. The van der Waals surface area contributed by atoms with Crippen molar-refractivity contribution >= 4 is 23.1 Å². The van der Waals surface area contributed by atoms with Gasteiger partial charge in [0.25, 0.3) is 0 Å². The quantitative estimate of drug-likeness (QED) is 0.865. The van der Waals surface area contributed by atoms with E-state index < -0.39 is 0 Å². The second-order valence-electron chi connectivity index (χ2n) is 6.19. The Morgan fingerprint density at radius 3 is 3.04 bits per heavy atom. The van der Waals surface area contributed by atoms with Gasteiger partial charge in [0.15, 0.2) is 0 Å². The van der Waals surface area contributed by atoms with E-state index in [4.69, 9.17) is 0 Å². The third kappa shape index (κ3) is 3.91. The number of rotatable bonds is 4. The first-order valence-electron chi connectivity index (χ1n) is 8.09. The van der Waals surface area contributed by atoms with Crippen molar-refractivity contribution in [3.8, 4) is 0 Å². The lowest BCUT2D eigenvalue weighted by molar-refractivity contribution is -0.131. The first-order valence-corrected chi connectivity index (χ1v) is 9.03. The van der Waals surface area contributed by atoms with E-state index in [1.54, 1.807) is 11.3 Å². The van der Waals surface area contributed by atoms with Gasteiger partial charge < -0.3 is 9.80 Å². The summed E-state index contributed by atoms with van der Waals surface area (Å²) >= 11 is 1.64. The summed E-state index contributed by atoms with van der Waals surface area (Å²) in [5.41, 5.74) is 2.14. The second-order valence-corrected chi connectivity index (χ2v) is 6.97. The number of carbonyl (C=O) groups is 1. The summed E-state index contributed by atoms with van der Waals surface area (Å²) in [6.45, 7) is 3.89. The summed E-state index contributed by atoms with van der Waals surface area (Å²) in [6, 6.07) is 8.41. The highest BCUT2D eigenvalue weighted by atomic mass is 32.1. The predicted molar refractivity (Wildman–Crippen MR) is 95.0 cm³/mol. The van der Waals surface area contributed by atoms with Crippen LogP contribution < -0.4 is 4.90 Å². The van der Waals surface area contributed by atoms with Gasteiger partial charge in [-0.05, 0) is 54.3 Å². The largest absolute Gasteiger partial charge is 0.355 e. The van der Waals surface area contributed by atoms with Crippen LogP contribution in [0.4, 0.5) is 5.82 Å². The zero-order valence-corrected chi connectivity index (χ0v) is 14.6. The Balaban J connectivity index is 1.64. The molecule has 0 bridgehead atoms. The molecule has 23 heavy (non-hydrogen) atoms. The third-order valence-corrected chi connectivity index (χ3v) is 5.20. The molecule has 1 fully saturated rings. The van der Waals surface area contributed by atoms with Gasteiger partial charge in [0, 0.05) is 31.9 Å². The first kappa shape index (κ1) is 16.0. The van der Waals surface area contributed by atoms with Crippen LogP contribution >= 0.6 is 11.3 Å². The lowest BCUT2D eigenvalue weighted by Crippen LogP contribution is -2.49. The summed E-state index contributed by atoms with van der Waals surface area (Å²) in [5, 5.41) is 4.07. The van der Waals surface area contributed by atoms with E-state index in [1.807, 2.05) is 42.5 Å². The molecule has 3 rings (SSSR count). The van der Waals surface area contributed by atoms with Crippen molar-refractivity contribution in [1.29, 1.82) is 0 Å². The Morgan fingerprint density at radius 2 is 2.30 bits per heavy atom. The van der Waals surface area contributed by atoms with Gasteiger partial charge in [0.1, 0.15) is 5.82 Å². The fraction of sp³-hybridized carbons (Fsp3) is 0.444. The number of likely N-dealkylation sites (N-methyl/N-ethyl adjacent to an activating group) is 1. The van der Waals surface area contributed by atoms with Crippen molar-refractivity contribution in [2.75, 3.05) is 25.0 Å². The highest BCUT2D eigenvalue weighted by molar-refractivity contribution is 7.07. The van der Waals surface area contributed by atoms with Crippen LogP contribution in [0.2, 0.25) is 0 Å². The molecule has 0 radical (unpaired) electrons. The van der Waals surface area contributed by atoms with Gasteiger partial charge >= 0.3 is 0 Å². The van der Waals surface area contributed by atoms with Gasteiger partial charge in [0.05, 0.1) is 6.42 Å². The number of carbonyl (C=O) groups excluding carboxylic acids is 1. The van der Waals surface area contributed by atoms with Gasteiger partial charge in [-0.2, -0.15) is 11.3 Å². The summed E-state index contributed by atoms with van der Waals surface area (Å²) < 4.78 is 0. The monoisotopic (exact) mass is 329 g/mol. The van der Waals surface area contributed by atoms with Gasteiger partial charge in [0.2, 0.25) is 5.91 Å². The Kier molecular flexibility index (Phi) is 4.96. The minimum atomic E-state index is 0.201. The number of amides is 1. The van der Waals surface area contributed by atoms with Gasteiger partial charge in [-0.3, -0.25) is 4.79 Å². The average molecular weight is 329 g/mol. The fourth-order valence-corrected chi connectivity index (χ4v) is 3.75. The Labute approximate surface area is 141 Å². The maximum atomic E-state index is 12.5. The van der Waals surface area contributed by atoms with E-state index in [0.29, 0.717) is 6.42 Å². The highest BCUT2D eigenvalue weighted by Crippen LogP contribution is 2.21. The van der Waals surface area contributed by atoms with Gasteiger partial charge in [-0.15, -0.1) is 0 Å². The molecule has 1 amide bonds. The molecule has 0 unspecified atom stereocenters. The van der Waals surface area contributed by atoms with E-state index in [0.717, 1.165) is 43.0 Å². The number of aryl methyl sites for hydroxylation is 1. The molecule has 1 saturated heterocycles. The molecule has 1 aliphatic rings. The minimum Gasteiger partial charge on any atom is -0.355 e. The van der Waals surface area contributed by atoms with Crippen LogP contribution in [0, 0.1) is 6.92 Å². The molecule has 1 aliphatic heterocycles. The first-order chi connectivity index (χ1) is 11.1. The van der Waals surface area contributed by atoms with Crippen molar-refractivity contribution in [2.24, 2.45) is 0 Å². The number of hydrogen-bond acceptors (Lipinski definition) is 4. The summed E-state index contributed by atoms with van der Waals surface area (Å²) in [5.74, 6) is 1.22. The molecule has 5 heteroatoms. The zero-order chi connectivity index (χ0) is 16.2. The number of nitrogens with zero attached hydrogens (tertiary/aromatic N) is 3. The van der Waals surface area contributed by atoms with E-state index in [-0.39, 0.29) is 11.9 Å². The second kappa shape index (κ2) is 7.13. The van der Waals surface area contributed by atoms with Crippen LogP contribution in [-0.2, 0) is 11.2 Å². The van der Waals surface area contributed by atoms with Gasteiger partial charge in [-0.1, -0.05) is 6.07 Å². The molecular weight excluding hydrogens is 306 g/mol. The Bertz CT molecular complexity index is 656. The number of aromatic nitrogens is 1. The van der Waals surface area contributed by atoms with Crippen LogP contribution in [0.15, 0.2) is 35.0 Å². The van der Waals surface area contributed by atoms with E-state index in [2.05, 4.69) is 21.3 Å². The molecular formula is C18H23N3OS. The SMILES string of the molecule is Cc1cccc(N2CCC[C@@H](N(C)C(=O)Cc3ccsc3)C2)n1. The minimum absolute atomic E-state index is 0.201. The van der Waals surface area contributed by atoms with Crippen molar-refractivity contribution < 1.29 is 4.79 Å². The van der Waals surface area contributed by atoms with Crippen LogP contribution in [0.1, 0.15) is 24.1 Å². The molecule has 4 nitrogen and oxygen atoms in total. The molecule has 2 aromatic heterocycles. The molecule has 122 valence electrons. The number of anilines is 1. The van der Waals surface area contributed by atoms with Crippen LogP contribution in [0.25, 0.3) is 0 Å². The van der Waals surface area contributed by atoms with Crippen LogP contribution in [0.3, 0.4) is 0 Å². The van der Waals surface area contributed by atoms with E-state index >= 15 is 0 Å². The van der Waals surface area contributed by atoms with Crippen LogP contribution in [-0.4, -0.2) is 42.0 Å². The Morgan fingerprint density at radius 1 is 1.43 bits per heavy atom. The molecule has 0 aliphatic carbocycles. The van der Waals surface area contributed by atoms with Gasteiger partial charge in [-0.25, -0.2) is 4.98 Å². The summed E-state index contributed by atoms with van der Waals surface area (Å²) in [6.07, 6.45) is 2.66. The topological polar surface area (TPSA) is 36.4 Å². The predicted octanol–water partition coefficient (Wildman–Crippen LogP) is 3.12. The number of piperidine rings is 1. The number of hydrogen-bond donors (Lipinski definition) is 0. The average Bonchev–Trinajstić information content (AvgIpc) is 3.07. The van der Waals surface area contributed by atoms with Crippen molar-refractivity contribution in [3.63, 3.8) is 0 Å². The molecule has 0 spiro atoms. The maximum Gasteiger partial charge on any atom is 0.227 e. The molecule has 0 aromatic carbocycles. The standard InChI is InChI=1S/C18H23N3OS/c1-14-5-3-7-17(19-14)21-9-4-6-16(12-21)20(2)18(22)11-15-8-10-23-13-15/h3,5,7-8,10,13,16H,4,6,9,11-12H2,1-2H3/t16-/m1/s1. The summed E-state index contributed by atoms with van der Waals surface area (Å²) in [7, 11) is 1.94.